The quantitative estimate of drug-likeness (QED) is 0.763. The van der Waals surface area contributed by atoms with Crippen LogP contribution >= 0.6 is 0 Å². The summed E-state index contributed by atoms with van der Waals surface area (Å²) in [6.45, 7) is 1.88. The van der Waals surface area contributed by atoms with E-state index in [1.807, 2.05) is 12.4 Å². The lowest BCUT2D eigenvalue weighted by Gasteiger charge is -2.12. The molecule has 1 aromatic heterocycles. The molecule has 3 nitrogen and oxygen atoms in total. The summed E-state index contributed by atoms with van der Waals surface area (Å²) in [5, 5.41) is 9.44. The van der Waals surface area contributed by atoms with E-state index in [-0.39, 0.29) is 0 Å². The van der Waals surface area contributed by atoms with E-state index in [1.54, 1.807) is 0 Å². The molecule has 3 aromatic rings. The first-order chi connectivity index (χ1) is 10.4. The van der Waals surface area contributed by atoms with Gasteiger partial charge >= 0.3 is 0 Å². The Morgan fingerprint density at radius 3 is 3.05 bits per heavy atom. The number of aromatic nitrogens is 1. The first kappa shape index (κ1) is 12.2. The molecular weight excluding hydrogens is 258 g/mol. The zero-order valence-electron chi connectivity index (χ0n) is 11.8. The van der Waals surface area contributed by atoms with Crippen molar-refractivity contribution < 1.29 is 0 Å². The second-order valence-electron chi connectivity index (χ2n) is 5.38. The van der Waals surface area contributed by atoms with Crippen LogP contribution in [-0.2, 0) is 13.0 Å². The first-order valence-corrected chi connectivity index (χ1v) is 7.33. The third-order valence-corrected chi connectivity index (χ3v) is 4.08. The number of rotatable bonds is 3. The molecule has 0 unspecified atom stereocenters. The van der Waals surface area contributed by atoms with E-state index in [0.717, 1.165) is 25.2 Å². The van der Waals surface area contributed by atoms with Gasteiger partial charge in [-0.1, -0.05) is 30.3 Å². The monoisotopic (exact) mass is 275 g/mol. The molecule has 1 aliphatic rings. The van der Waals surface area contributed by atoms with Crippen molar-refractivity contribution in [1.82, 2.24) is 4.98 Å². The fourth-order valence-electron chi connectivity index (χ4n) is 3.03. The maximum Gasteiger partial charge on any atom is 0.0424 e. The highest BCUT2D eigenvalue weighted by atomic mass is 14.9. The van der Waals surface area contributed by atoms with Crippen molar-refractivity contribution in [1.29, 1.82) is 0 Å². The van der Waals surface area contributed by atoms with Crippen molar-refractivity contribution >= 4 is 22.1 Å². The van der Waals surface area contributed by atoms with Crippen LogP contribution in [0.5, 0.6) is 0 Å². The van der Waals surface area contributed by atoms with Gasteiger partial charge in [-0.25, -0.2) is 0 Å². The van der Waals surface area contributed by atoms with E-state index in [2.05, 4.69) is 58.1 Å². The fraction of sp³-hybridized carbons (Fsp3) is 0.167. The van der Waals surface area contributed by atoms with Crippen LogP contribution in [0.15, 0.2) is 54.9 Å². The molecule has 104 valence electrons. The van der Waals surface area contributed by atoms with Gasteiger partial charge in [0.05, 0.1) is 0 Å². The van der Waals surface area contributed by atoms with Crippen LogP contribution in [0.1, 0.15) is 11.1 Å². The molecule has 0 atom stereocenters. The minimum absolute atomic E-state index is 0.831. The molecule has 1 aliphatic heterocycles. The number of anilines is 2. The predicted octanol–water partition coefficient (Wildman–Crippen LogP) is 3.81. The molecule has 0 aliphatic carbocycles. The number of para-hydroxylation sites is 1. The van der Waals surface area contributed by atoms with E-state index in [0.29, 0.717) is 0 Å². The van der Waals surface area contributed by atoms with Crippen molar-refractivity contribution in [2.24, 2.45) is 0 Å². The van der Waals surface area contributed by atoms with Gasteiger partial charge in [0, 0.05) is 47.6 Å². The lowest BCUT2D eigenvalue weighted by Crippen LogP contribution is -2.03. The van der Waals surface area contributed by atoms with Crippen LogP contribution in [0, 0.1) is 0 Å². The normalized spacial score (nSPS) is 13.0. The highest BCUT2D eigenvalue weighted by Crippen LogP contribution is 2.28. The Labute approximate surface area is 124 Å². The van der Waals surface area contributed by atoms with Crippen LogP contribution in [0.4, 0.5) is 11.4 Å². The van der Waals surface area contributed by atoms with E-state index in [1.165, 1.54) is 27.6 Å². The number of nitrogens with one attached hydrogen (secondary N) is 2. The molecule has 4 rings (SSSR count). The summed E-state index contributed by atoms with van der Waals surface area (Å²) in [5.74, 6) is 0. The largest absolute Gasteiger partial charge is 0.384 e. The second kappa shape index (κ2) is 5.09. The lowest BCUT2D eigenvalue weighted by molar-refractivity contribution is 1.11. The Morgan fingerprint density at radius 1 is 1.10 bits per heavy atom. The molecule has 2 N–H and O–H groups in total. The number of nitrogens with zero attached hydrogens (tertiary/aromatic N) is 1. The predicted molar refractivity (Wildman–Crippen MR) is 87.7 cm³/mol. The van der Waals surface area contributed by atoms with Crippen molar-refractivity contribution in [3.05, 3.63) is 66.0 Å². The van der Waals surface area contributed by atoms with Crippen LogP contribution in [0.2, 0.25) is 0 Å². The molecule has 21 heavy (non-hydrogen) atoms. The van der Waals surface area contributed by atoms with E-state index in [4.69, 9.17) is 0 Å². The van der Waals surface area contributed by atoms with Gasteiger partial charge in [-0.05, 0) is 29.7 Å². The molecule has 2 heterocycles. The standard InChI is InChI=1S/C18H17N3/c1-3-13-7-10-20-18(13)15(5-1)12-21-17-6-2-4-14-11-19-9-8-16(14)17/h1-6,8-9,11,20-21H,7,10,12H2. The summed E-state index contributed by atoms with van der Waals surface area (Å²) in [7, 11) is 0. The summed E-state index contributed by atoms with van der Waals surface area (Å²) in [6, 6.07) is 14.9. The summed E-state index contributed by atoms with van der Waals surface area (Å²) in [4.78, 5) is 4.18. The van der Waals surface area contributed by atoms with E-state index in [9.17, 15) is 0 Å². The topological polar surface area (TPSA) is 37.0 Å². The van der Waals surface area contributed by atoms with Gasteiger partial charge in [0.15, 0.2) is 0 Å². The molecule has 0 saturated carbocycles. The van der Waals surface area contributed by atoms with Gasteiger partial charge in [-0.2, -0.15) is 0 Å². The summed E-state index contributed by atoms with van der Waals surface area (Å²) >= 11 is 0. The molecule has 0 fully saturated rings. The van der Waals surface area contributed by atoms with Gasteiger partial charge < -0.3 is 10.6 Å². The first-order valence-electron chi connectivity index (χ1n) is 7.33. The zero-order chi connectivity index (χ0) is 14.1. The summed E-state index contributed by atoms with van der Waals surface area (Å²) < 4.78 is 0. The maximum atomic E-state index is 4.18. The SMILES string of the molecule is c1cc2c(c(CNc3cccc4cnccc34)c1)NCC2. The van der Waals surface area contributed by atoms with Crippen LogP contribution in [0.3, 0.4) is 0 Å². The molecule has 2 aromatic carbocycles. The fourth-order valence-corrected chi connectivity index (χ4v) is 3.03. The van der Waals surface area contributed by atoms with Gasteiger partial charge in [-0.15, -0.1) is 0 Å². The number of hydrogen-bond donors (Lipinski definition) is 2. The molecule has 3 heteroatoms. The van der Waals surface area contributed by atoms with Crippen molar-refractivity contribution in [2.75, 3.05) is 17.2 Å². The van der Waals surface area contributed by atoms with Gasteiger partial charge in [0.25, 0.3) is 0 Å². The van der Waals surface area contributed by atoms with Crippen LogP contribution < -0.4 is 10.6 Å². The van der Waals surface area contributed by atoms with Crippen molar-refractivity contribution in [2.45, 2.75) is 13.0 Å². The Kier molecular flexibility index (Phi) is 2.96. The third-order valence-electron chi connectivity index (χ3n) is 4.08. The zero-order valence-corrected chi connectivity index (χ0v) is 11.8. The molecule has 0 amide bonds. The Bertz CT molecular complexity index is 790. The number of benzene rings is 2. The third kappa shape index (κ3) is 2.21. The maximum absolute atomic E-state index is 4.18. The molecule has 0 saturated heterocycles. The van der Waals surface area contributed by atoms with Gasteiger partial charge in [-0.3, -0.25) is 4.98 Å². The summed E-state index contributed by atoms with van der Waals surface area (Å²) in [6.07, 6.45) is 4.88. The second-order valence-corrected chi connectivity index (χ2v) is 5.38. The smallest absolute Gasteiger partial charge is 0.0424 e. The van der Waals surface area contributed by atoms with Crippen molar-refractivity contribution in [3.63, 3.8) is 0 Å². The molecule has 0 bridgehead atoms. The van der Waals surface area contributed by atoms with E-state index >= 15 is 0 Å². The highest BCUT2D eigenvalue weighted by molar-refractivity contribution is 5.93. The highest BCUT2D eigenvalue weighted by Gasteiger charge is 2.13. The number of hydrogen-bond acceptors (Lipinski definition) is 3. The van der Waals surface area contributed by atoms with Gasteiger partial charge in [0.1, 0.15) is 0 Å². The summed E-state index contributed by atoms with van der Waals surface area (Å²) in [5.41, 5.74) is 5.23. The average Bonchev–Trinajstić information content (AvgIpc) is 3.02. The molecular formula is C18H17N3. The lowest BCUT2D eigenvalue weighted by atomic mass is 10.1. The number of pyridine rings is 1. The van der Waals surface area contributed by atoms with Crippen LogP contribution in [-0.4, -0.2) is 11.5 Å². The minimum atomic E-state index is 0.831. The Morgan fingerprint density at radius 2 is 2.05 bits per heavy atom. The minimum Gasteiger partial charge on any atom is -0.384 e. The average molecular weight is 275 g/mol. The van der Waals surface area contributed by atoms with Crippen LogP contribution in [0.25, 0.3) is 10.8 Å². The van der Waals surface area contributed by atoms with Gasteiger partial charge in [0.2, 0.25) is 0 Å². The van der Waals surface area contributed by atoms with E-state index < -0.39 is 0 Å². The molecule has 0 spiro atoms. The molecule has 0 radical (unpaired) electrons. The van der Waals surface area contributed by atoms with Crippen molar-refractivity contribution in [3.8, 4) is 0 Å². The Hall–Kier alpha value is -2.55. The number of fused-ring (bicyclic) bond motifs is 2. The Balaban J connectivity index is 1.63.